The van der Waals surface area contributed by atoms with Crippen LogP contribution < -0.4 is 10.2 Å². The van der Waals surface area contributed by atoms with Gasteiger partial charge in [0.25, 0.3) is 5.91 Å². The molecule has 1 N–H and O–H groups in total. The van der Waals surface area contributed by atoms with Gasteiger partial charge in [0.05, 0.1) is 23.3 Å². The monoisotopic (exact) mass is 579 g/mol. The summed E-state index contributed by atoms with van der Waals surface area (Å²) in [6.45, 7) is 1.36. The normalized spacial score (nSPS) is 23.0. The van der Waals surface area contributed by atoms with Crippen molar-refractivity contribution in [2.24, 2.45) is 5.41 Å². The predicted octanol–water partition coefficient (Wildman–Crippen LogP) is 4.76. The lowest BCUT2D eigenvalue weighted by atomic mass is 9.67. The van der Waals surface area contributed by atoms with Gasteiger partial charge in [0, 0.05) is 49.6 Å². The molecule has 3 fully saturated rings. The number of nitrogens with zero attached hydrogens (tertiary/aromatic N) is 4. The fourth-order valence-electron chi connectivity index (χ4n) is 7.25. The van der Waals surface area contributed by atoms with Gasteiger partial charge in [-0.1, -0.05) is 24.6 Å². The quantitative estimate of drug-likeness (QED) is 0.426. The summed E-state index contributed by atoms with van der Waals surface area (Å²) in [6, 6.07) is 8.88. The third-order valence-electron chi connectivity index (χ3n) is 9.76. The molecule has 7 rings (SSSR count). The Balaban J connectivity index is 1.06. The lowest BCUT2D eigenvalue weighted by Crippen LogP contribution is -2.53. The summed E-state index contributed by atoms with van der Waals surface area (Å²) in [5.74, 6) is -1.01. The van der Waals surface area contributed by atoms with E-state index >= 15 is 0 Å². The number of anilines is 1. The molecule has 220 valence electrons. The van der Waals surface area contributed by atoms with Crippen LogP contribution in [0.4, 0.5) is 18.9 Å². The van der Waals surface area contributed by atoms with Crippen LogP contribution in [0.5, 0.6) is 0 Å². The molecule has 8 nitrogen and oxygen atoms in total. The second kappa shape index (κ2) is 9.93. The Hall–Kier alpha value is -3.73. The first-order chi connectivity index (χ1) is 20.1. The molecular weight excluding hydrogens is 547 g/mol. The van der Waals surface area contributed by atoms with Gasteiger partial charge in [0.15, 0.2) is 0 Å². The van der Waals surface area contributed by atoms with Crippen molar-refractivity contribution < 1.29 is 27.6 Å². The average molecular weight is 580 g/mol. The average Bonchev–Trinajstić information content (AvgIpc) is 3.51. The Morgan fingerprint density at radius 2 is 1.81 bits per heavy atom. The van der Waals surface area contributed by atoms with Crippen molar-refractivity contribution in [3.8, 4) is 0 Å². The highest BCUT2D eigenvalue weighted by Crippen LogP contribution is 2.53. The number of hydrogen-bond acceptors (Lipinski definition) is 5. The van der Waals surface area contributed by atoms with Crippen molar-refractivity contribution in [1.29, 1.82) is 0 Å². The van der Waals surface area contributed by atoms with E-state index in [1.807, 2.05) is 46.2 Å². The summed E-state index contributed by atoms with van der Waals surface area (Å²) < 4.78 is 42.9. The minimum atomic E-state index is -4.14. The number of piperidine rings is 2. The van der Waals surface area contributed by atoms with Crippen LogP contribution in [0.25, 0.3) is 10.8 Å². The molecule has 1 aliphatic carbocycles. The molecule has 11 heteroatoms. The van der Waals surface area contributed by atoms with E-state index in [9.17, 15) is 27.6 Å². The van der Waals surface area contributed by atoms with Crippen LogP contribution in [-0.2, 0) is 16.0 Å². The van der Waals surface area contributed by atoms with E-state index in [0.29, 0.717) is 37.2 Å². The first kappa shape index (κ1) is 27.1. The summed E-state index contributed by atoms with van der Waals surface area (Å²) in [5, 5.41) is 8.71. The maximum atomic E-state index is 13.6. The van der Waals surface area contributed by atoms with Crippen LogP contribution in [0.1, 0.15) is 72.5 Å². The summed E-state index contributed by atoms with van der Waals surface area (Å²) in [5.41, 5.74) is 1.74. The molecule has 2 aromatic carbocycles. The summed E-state index contributed by atoms with van der Waals surface area (Å²) >= 11 is 0. The zero-order chi connectivity index (χ0) is 29.2. The molecule has 3 aromatic rings. The molecule has 1 atom stereocenters. The van der Waals surface area contributed by atoms with E-state index in [-0.39, 0.29) is 50.1 Å². The Bertz CT molecular complexity index is 1590. The van der Waals surface area contributed by atoms with Gasteiger partial charge in [-0.05, 0) is 60.7 Å². The molecule has 1 unspecified atom stereocenters. The highest BCUT2D eigenvalue weighted by atomic mass is 19.4. The first-order valence-electron chi connectivity index (χ1n) is 14.7. The number of carbonyl (C=O) groups excluding carboxylic acids is 3. The summed E-state index contributed by atoms with van der Waals surface area (Å²) in [7, 11) is 0. The number of imide groups is 1. The number of halogens is 3. The maximum Gasteiger partial charge on any atom is 0.395 e. The Morgan fingerprint density at radius 3 is 2.50 bits per heavy atom. The molecule has 1 saturated carbocycles. The molecule has 0 spiro atoms. The van der Waals surface area contributed by atoms with Crippen molar-refractivity contribution in [3.63, 3.8) is 0 Å². The smallest absolute Gasteiger partial charge is 0.302 e. The van der Waals surface area contributed by atoms with E-state index in [0.717, 1.165) is 34.7 Å². The standard InChI is InChI=1S/C31H32F3N5O3/c32-31(33,34)30(11-2-12-30)18-37-13-9-21(10-14-37)38-17-19(16-35-38)15-20-5-6-24-27-22(20)3-1-4-23(27)29(42)39(24)25-7-8-26(40)36-28(25)41/h1,3-6,16-17,21,25H,2,7-15,18H2,(H,36,40,41). The van der Waals surface area contributed by atoms with Gasteiger partial charge in [-0.15, -0.1) is 0 Å². The SMILES string of the molecule is O=C1CCC(N2C(=O)c3cccc4c(Cc5cnn(C6CCN(CC7(C(F)(F)F)CCC7)CC6)c5)ccc2c34)C(=O)N1. The van der Waals surface area contributed by atoms with E-state index < -0.39 is 23.5 Å². The van der Waals surface area contributed by atoms with Crippen LogP contribution in [0.2, 0.25) is 0 Å². The van der Waals surface area contributed by atoms with Gasteiger partial charge in [0.2, 0.25) is 11.8 Å². The zero-order valence-corrected chi connectivity index (χ0v) is 23.1. The number of amides is 3. The topological polar surface area (TPSA) is 87.5 Å². The van der Waals surface area contributed by atoms with Crippen molar-refractivity contribution in [2.45, 2.75) is 69.6 Å². The van der Waals surface area contributed by atoms with Crippen LogP contribution in [-0.4, -0.2) is 64.3 Å². The summed E-state index contributed by atoms with van der Waals surface area (Å²) in [4.78, 5) is 41.2. The molecule has 0 radical (unpaired) electrons. The largest absolute Gasteiger partial charge is 0.395 e. The van der Waals surface area contributed by atoms with Gasteiger partial charge < -0.3 is 4.90 Å². The molecule has 3 aliphatic heterocycles. The van der Waals surface area contributed by atoms with E-state index in [1.54, 1.807) is 6.07 Å². The molecule has 2 saturated heterocycles. The van der Waals surface area contributed by atoms with Crippen molar-refractivity contribution in [2.75, 3.05) is 24.5 Å². The van der Waals surface area contributed by atoms with Crippen LogP contribution in [0, 0.1) is 5.41 Å². The second-order valence-electron chi connectivity index (χ2n) is 12.3. The van der Waals surface area contributed by atoms with Crippen LogP contribution in [0.3, 0.4) is 0 Å². The van der Waals surface area contributed by atoms with Gasteiger partial charge in [0.1, 0.15) is 6.04 Å². The minimum Gasteiger partial charge on any atom is -0.302 e. The van der Waals surface area contributed by atoms with Crippen molar-refractivity contribution >= 4 is 34.2 Å². The molecule has 1 aromatic heterocycles. The van der Waals surface area contributed by atoms with Gasteiger partial charge in [-0.25, -0.2) is 0 Å². The van der Waals surface area contributed by atoms with E-state index in [4.69, 9.17) is 0 Å². The summed E-state index contributed by atoms with van der Waals surface area (Å²) in [6.07, 6.45) is 3.43. The molecule has 4 aliphatic rings. The van der Waals surface area contributed by atoms with E-state index in [1.165, 1.54) is 4.90 Å². The van der Waals surface area contributed by atoms with Gasteiger partial charge in [-0.3, -0.25) is 29.3 Å². The number of hydrogen-bond donors (Lipinski definition) is 1. The first-order valence-corrected chi connectivity index (χ1v) is 14.7. The number of alkyl halides is 3. The molecular formula is C31H32F3N5O3. The van der Waals surface area contributed by atoms with E-state index in [2.05, 4.69) is 10.4 Å². The number of carbonyl (C=O) groups is 3. The van der Waals surface area contributed by atoms with Gasteiger partial charge >= 0.3 is 6.18 Å². The zero-order valence-electron chi connectivity index (χ0n) is 23.1. The highest BCUT2D eigenvalue weighted by molar-refractivity contribution is 6.27. The molecule has 3 amide bonds. The van der Waals surface area contributed by atoms with Crippen LogP contribution in [0.15, 0.2) is 42.7 Å². The fourth-order valence-corrected chi connectivity index (χ4v) is 7.25. The lowest BCUT2D eigenvalue weighted by molar-refractivity contribution is -0.256. The molecule has 42 heavy (non-hydrogen) atoms. The Morgan fingerprint density at radius 1 is 1.02 bits per heavy atom. The number of likely N-dealkylation sites (tertiary alicyclic amines) is 1. The third kappa shape index (κ3) is 4.40. The second-order valence-corrected chi connectivity index (χ2v) is 12.3. The Kier molecular flexibility index (Phi) is 6.41. The molecule has 4 heterocycles. The fraction of sp³-hybridized carbons (Fsp3) is 0.484. The number of nitrogens with one attached hydrogen (secondary N) is 1. The third-order valence-corrected chi connectivity index (χ3v) is 9.76. The maximum absolute atomic E-state index is 13.6. The van der Waals surface area contributed by atoms with Gasteiger partial charge in [-0.2, -0.15) is 18.3 Å². The van der Waals surface area contributed by atoms with Crippen molar-refractivity contribution in [3.05, 3.63) is 59.4 Å². The molecule has 0 bridgehead atoms. The number of aromatic nitrogens is 2. The minimum absolute atomic E-state index is 0.0993. The number of rotatable bonds is 6. The van der Waals surface area contributed by atoms with Crippen LogP contribution >= 0.6 is 0 Å². The van der Waals surface area contributed by atoms with Crippen molar-refractivity contribution in [1.82, 2.24) is 20.0 Å². The Labute approximate surface area is 240 Å². The highest BCUT2D eigenvalue weighted by Gasteiger charge is 2.58. The predicted molar refractivity (Wildman–Crippen MR) is 149 cm³/mol. The number of benzene rings is 2. The lowest BCUT2D eigenvalue weighted by Gasteiger charge is -2.47.